The molecule has 46 heavy (non-hydrogen) atoms. The Balaban J connectivity index is 1.32. The first-order valence-electron chi connectivity index (χ1n) is 13.3. The number of hydrogen-bond acceptors (Lipinski definition) is 6. The van der Waals surface area contributed by atoms with E-state index in [0.717, 1.165) is 40.4 Å². The zero-order valence-electron chi connectivity index (χ0n) is 24.0. The quantitative estimate of drug-likeness (QED) is 0.218. The number of benzene rings is 3. The monoisotopic (exact) mass is 669 g/mol. The Morgan fingerprint density at radius 3 is 2.09 bits per heavy atom. The number of alkyl halides is 6. The van der Waals surface area contributed by atoms with E-state index in [1.807, 2.05) is 0 Å². The number of aliphatic imine (C=N–C) groups is 1. The van der Waals surface area contributed by atoms with E-state index >= 15 is 0 Å². The molecule has 4 rings (SSSR count). The lowest BCUT2D eigenvalue weighted by atomic mass is 10.1. The fourth-order valence-corrected chi connectivity index (χ4v) is 5.05. The number of aryl methyl sites for hydroxylation is 1. The van der Waals surface area contributed by atoms with Gasteiger partial charge in [-0.1, -0.05) is 30.0 Å². The molecule has 0 saturated carbocycles. The largest absolute Gasteiger partial charge is 0.573 e. The van der Waals surface area contributed by atoms with Gasteiger partial charge in [0.25, 0.3) is 0 Å². The normalized spacial score (nSPS) is 15.0. The molecule has 1 saturated heterocycles. The minimum Gasteiger partial charge on any atom is -0.406 e. The van der Waals surface area contributed by atoms with Crippen LogP contribution >= 0.6 is 11.8 Å². The molecule has 0 spiro atoms. The summed E-state index contributed by atoms with van der Waals surface area (Å²) >= 11 is 0.897. The molecule has 17 heteroatoms. The van der Waals surface area contributed by atoms with Crippen molar-refractivity contribution in [2.75, 3.05) is 21.3 Å². The van der Waals surface area contributed by atoms with Gasteiger partial charge in [0.2, 0.25) is 5.91 Å². The van der Waals surface area contributed by atoms with Crippen LogP contribution in [0.1, 0.15) is 18.1 Å². The molecule has 1 unspecified atom stereocenters. The Kier molecular flexibility index (Phi) is 10.3. The van der Waals surface area contributed by atoms with E-state index in [1.54, 1.807) is 38.1 Å². The van der Waals surface area contributed by atoms with Crippen LogP contribution in [0, 0.1) is 6.92 Å². The van der Waals surface area contributed by atoms with Gasteiger partial charge in [0.15, 0.2) is 10.9 Å². The zero-order chi connectivity index (χ0) is 33.6. The molecule has 244 valence electrons. The Hall–Kier alpha value is -4.93. The highest BCUT2D eigenvalue weighted by molar-refractivity contribution is 8.15. The van der Waals surface area contributed by atoms with Gasteiger partial charge in [-0.25, -0.2) is 9.59 Å². The molecule has 1 aliphatic heterocycles. The van der Waals surface area contributed by atoms with Gasteiger partial charge in [-0.2, -0.15) is 4.99 Å². The van der Waals surface area contributed by atoms with Gasteiger partial charge in [-0.05, 0) is 79.9 Å². The fraction of sp³-hybridized carbons (Fsp3) is 0.241. The minimum absolute atomic E-state index is 0.105. The molecule has 10 nitrogen and oxygen atoms in total. The topological polar surface area (TPSA) is 121 Å². The molecule has 5 amide bonds. The minimum atomic E-state index is -5.00. The van der Waals surface area contributed by atoms with E-state index in [4.69, 9.17) is 0 Å². The molecule has 1 heterocycles. The highest BCUT2D eigenvalue weighted by Gasteiger charge is 2.37. The maximum absolute atomic E-state index is 13.0. The van der Waals surface area contributed by atoms with Crippen molar-refractivity contribution in [2.45, 2.75) is 39.0 Å². The number of urea groups is 2. The van der Waals surface area contributed by atoms with Crippen molar-refractivity contribution in [1.29, 1.82) is 0 Å². The average molecular weight is 670 g/mol. The summed E-state index contributed by atoms with van der Waals surface area (Å²) < 4.78 is 83.6. The summed E-state index contributed by atoms with van der Waals surface area (Å²) in [5.41, 5.74) is 1.78. The molecule has 0 aliphatic carbocycles. The third-order valence-electron chi connectivity index (χ3n) is 6.01. The lowest BCUT2D eigenvalue weighted by Crippen LogP contribution is -2.35. The van der Waals surface area contributed by atoms with Crippen LogP contribution in [0.2, 0.25) is 0 Å². The first-order valence-corrected chi connectivity index (χ1v) is 14.3. The van der Waals surface area contributed by atoms with Crippen LogP contribution < -0.4 is 30.3 Å². The Labute approximate surface area is 262 Å². The average Bonchev–Trinajstić information content (AvgIpc) is 3.29. The number of nitrogens with zero attached hydrogens (tertiary/aromatic N) is 2. The van der Waals surface area contributed by atoms with Gasteiger partial charge < -0.3 is 25.4 Å². The van der Waals surface area contributed by atoms with E-state index in [2.05, 4.69) is 30.4 Å². The van der Waals surface area contributed by atoms with Gasteiger partial charge in [0.1, 0.15) is 5.75 Å². The van der Waals surface area contributed by atoms with Gasteiger partial charge in [-0.15, -0.1) is 26.3 Å². The second-order valence-electron chi connectivity index (χ2n) is 9.83. The van der Waals surface area contributed by atoms with Crippen molar-refractivity contribution in [3.05, 3.63) is 77.9 Å². The van der Waals surface area contributed by atoms with Gasteiger partial charge in [0, 0.05) is 17.4 Å². The number of amidine groups is 1. The molecule has 0 aromatic heterocycles. The van der Waals surface area contributed by atoms with Crippen LogP contribution in [0.4, 0.5) is 53.0 Å². The highest BCUT2D eigenvalue weighted by atomic mass is 32.2. The number of amides is 5. The predicted octanol–water partition coefficient (Wildman–Crippen LogP) is 7.21. The number of carbonyl (C=O) groups is 3. The van der Waals surface area contributed by atoms with Crippen LogP contribution in [0.5, 0.6) is 11.5 Å². The van der Waals surface area contributed by atoms with Crippen molar-refractivity contribution >= 4 is 52.0 Å². The standard InChI is InChI=1S/C29H25F6N5O5S/c1-16-3-12-23(45-29(33,34)35)22(13-16)40-24(41)15-46-27(40)39-25(42)36-17(2)14-18-4-6-19(7-5-18)37-26(43)38-20-8-10-21(11-9-20)44-28(30,31)32/h3-13,17H,14-15H2,1-2H3,(H,36,42)(H2,37,38,43)/b39-27-. The second-order valence-corrected chi connectivity index (χ2v) is 10.8. The molecule has 1 aliphatic rings. The van der Waals surface area contributed by atoms with Gasteiger partial charge in [0.05, 0.1) is 11.4 Å². The first kappa shape index (κ1) is 34.0. The third-order valence-corrected chi connectivity index (χ3v) is 6.94. The summed E-state index contributed by atoms with van der Waals surface area (Å²) in [4.78, 5) is 42.4. The maximum atomic E-state index is 13.0. The van der Waals surface area contributed by atoms with E-state index < -0.39 is 48.2 Å². The smallest absolute Gasteiger partial charge is 0.406 e. The number of anilines is 3. The molecule has 3 aromatic rings. The lowest BCUT2D eigenvalue weighted by molar-refractivity contribution is -0.275. The summed E-state index contributed by atoms with van der Waals surface area (Å²) in [5, 5.41) is 7.61. The molecular formula is C29H25F6N5O5S. The van der Waals surface area contributed by atoms with E-state index in [0.29, 0.717) is 17.7 Å². The Bertz CT molecular complexity index is 1610. The number of thioether (sulfide) groups is 1. The van der Waals surface area contributed by atoms with Crippen LogP contribution in [-0.4, -0.2) is 47.7 Å². The van der Waals surface area contributed by atoms with E-state index in [-0.39, 0.29) is 22.3 Å². The van der Waals surface area contributed by atoms with Gasteiger partial charge in [-0.3, -0.25) is 9.69 Å². The summed E-state index contributed by atoms with van der Waals surface area (Å²) in [6.07, 6.45) is -9.49. The SMILES string of the molecule is Cc1ccc(OC(F)(F)F)c(N2C(=O)CS/C2=N\C(=O)NC(C)Cc2ccc(NC(=O)Nc3ccc(OC(F)(F)F)cc3)cc2)c1. The second kappa shape index (κ2) is 14.0. The number of hydrogen-bond donors (Lipinski definition) is 3. The number of rotatable bonds is 8. The molecule has 1 fully saturated rings. The number of nitrogens with one attached hydrogen (secondary N) is 3. The fourth-order valence-electron chi connectivity index (χ4n) is 4.19. The number of carbonyl (C=O) groups excluding carboxylic acids is 3. The Morgan fingerprint density at radius 2 is 1.50 bits per heavy atom. The Morgan fingerprint density at radius 1 is 0.913 bits per heavy atom. The third kappa shape index (κ3) is 10.0. The van der Waals surface area contributed by atoms with E-state index in [1.165, 1.54) is 24.3 Å². The van der Waals surface area contributed by atoms with Crippen molar-refractivity contribution in [1.82, 2.24) is 5.32 Å². The number of halogens is 6. The van der Waals surface area contributed by atoms with Crippen LogP contribution in [-0.2, 0) is 11.2 Å². The first-order chi connectivity index (χ1) is 21.5. The van der Waals surface area contributed by atoms with Crippen molar-refractivity contribution < 1.29 is 50.2 Å². The van der Waals surface area contributed by atoms with Gasteiger partial charge >= 0.3 is 24.8 Å². The van der Waals surface area contributed by atoms with Crippen LogP contribution in [0.15, 0.2) is 71.7 Å². The van der Waals surface area contributed by atoms with Crippen LogP contribution in [0.3, 0.4) is 0 Å². The molecule has 3 N–H and O–H groups in total. The number of ether oxygens (including phenoxy) is 2. The molecule has 1 atom stereocenters. The molecule has 3 aromatic carbocycles. The van der Waals surface area contributed by atoms with Crippen molar-refractivity contribution in [2.24, 2.45) is 4.99 Å². The van der Waals surface area contributed by atoms with Crippen LogP contribution in [0.25, 0.3) is 0 Å². The summed E-state index contributed by atoms with van der Waals surface area (Å²) in [6.45, 7) is 3.32. The maximum Gasteiger partial charge on any atom is 0.573 e. The van der Waals surface area contributed by atoms with Crippen molar-refractivity contribution in [3.8, 4) is 11.5 Å². The molecule has 0 radical (unpaired) electrons. The molecular weight excluding hydrogens is 644 g/mol. The summed E-state index contributed by atoms with van der Waals surface area (Å²) in [6, 6.07) is 13.1. The van der Waals surface area contributed by atoms with Crippen molar-refractivity contribution in [3.63, 3.8) is 0 Å². The van der Waals surface area contributed by atoms with E-state index in [9.17, 15) is 40.7 Å². The molecule has 0 bridgehead atoms. The lowest BCUT2D eigenvalue weighted by Gasteiger charge is -2.21. The summed E-state index contributed by atoms with van der Waals surface area (Å²) in [5.74, 6) is -1.75. The predicted molar refractivity (Wildman–Crippen MR) is 159 cm³/mol. The summed E-state index contributed by atoms with van der Waals surface area (Å²) in [7, 11) is 0. The zero-order valence-corrected chi connectivity index (χ0v) is 24.8. The highest BCUT2D eigenvalue weighted by Crippen LogP contribution is 2.37.